The van der Waals surface area contributed by atoms with Gasteiger partial charge in [-0.05, 0) is 29.7 Å². The number of imidazole rings is 1. The maximum absolute atomic E-state index is 12.8. The van der Waals surface area contributed by atoms with E-state index in [1.54, 1.807) is 0 Å². The highest BCUT2D eigenvalue weighted by Gasteiger charge is 2.19. The van der Waals surface area contributed by atoms with Crippen molar-refractivity contribution in [2.24, 2.45) is 0 Å². The van der Waals surface area contributed by atoms with Gasteiger partial charge in [-0.2, -0.15) is 0 Å². The molecule has 4 aromatic rings. The lowest BCUT2D eigenvalue weighted by atomic mass is 10.0. The number of hydrogen-bond donors (Lipinski definition) is 1. The first-order valence-corrected chi connectivity index (χ1v) is 10.8. The molecule has 0 fully saturated rings. The summed E-state index contributed by atoms with van der Waals surface area (Å²) in [5.74, 6) is 0.480. The number of carbonyl (C=O) groups excluding carboxylic acids is 1. The molecule has 3 aromatic carbocycles. The van der Waals surface area contributed by atoms with Gasteiger partial charge in [0.15, 0.2) is 0 Å². The third-order valence-electron chi connectivity index (χ3n) is 5.29. The molecule has 0 atom stereocenters. The Morgan fingerprint density at radius 2 is 1.35 bits per heavy atom. The summed E-state index contributed by atoms with van der Waals surface area (Å²) in [5, 5.41) is 3.06. The van der Waals surface area contributed by atoms with Crippen molar-refractivity contribution in [1.29, 1.82) is 0 Å². The average Bonchev–Trinajstić information content (AvgIpc) is 3.11. The van der Waals surface area contributed by atoms with Gasteiger partial charge in [0.25, 0.3) is 5.91 Å². The van der Waals surface area contributed by atoms with Crippen LogP contribution in [0.4, 0.5) is 5.95 Å². The zero-order valence-electron chi connectivity index (χ0n) is 17.8. The minimum Gasteiger partial charge on any atom is -0.314 e. The summed E-state index contributed by atoms with van der Waals surface area (Å²) in [4.78, 5) is 17.8. The molecule has 4 rings (SSSR count). The largest absolute Gasteiger partial charge is 0.314 e. The molecular weight excluding hydrogens is 382 g/mol. The maximum atomic E-state index is 12.8. The first kappa shape index (κ1) is 20.6. The molecule has 1 amide bonds. The van der Waals surface area contributed by atoms with Crippen LogP contribution in [0.25, 0.3) is 0 Å². The van der Waals surface area contributed by atoms with Crippen LogP contribution in [0.5, 0.6) is 0 Å². The van der Waals surface area contributed by atoms with Crippen molar-refractivity contribution in [2.45, 2.75) is 32.7 Å². The molecule has 156 valence electrons. The third-order valence-corrected chi connectivity index (χ3v) is 5.29. The van der Waals surface area contributed by atoms with Gasteiger partial charge in [-0.25, -0.2) is 4.98 Å². The Bertz CT molecular complexity index is 1120. The predicted octanol–water partition coefficient (Wildman–Crippen LogP) is 5.73. The van der Waals surface area contributed by atoms with Gasteiger partial charge in [0.1, 0.15) is 0 Å². The number of hydrogen-bond acceptors (Lipinski definition) is 2. The molecule has 0 saturated carbocycles. The Morgan fingerprint density at radius 3 is 1.94 bits per heavy atom. The molecular formula is C27H27N3O. The number of benzene rings is 3. The fraction of sp³-hybridized carbons (Fsp3) is 0.185. The van der Waals surface area contributed by atoms with E-state index in [1.807, 2.05) is 54.6 Å². The summed E-state index contributed by atoms with van der Waals surface area (Å²) < 4.78 is 2.17. The SMILES string of the molecule is CCCn1c(NC(=O)c2ccccc2)nc(Cc2ccccc2)c1Cc1ccccc1. The minimum atomic E-state index is -0.138. The Labute approximate surface area is 183 Å². The summed E-state index contributed by atoms with van der Waals surface area (Å²) in [5.41, 5.74) is 5.23. The monoisotopic (exact) mass is 409 g/mol. The van der Waals surface area contributed by atoms with E-state index in [1.165, 1.54) is 11.1 Å². The highest BCUT2D eigenvalue weighted by Crippen LogP contribution is 2.24. The molecule has 0 unspecified atom stereocenters. The fourth-order valence-electron chi connectivity index (χ4n) is 3.78. The first-order valence-electron chi connectivity index (χ1n) is 10.8. The van der Waals surface area contributed by atoms with Crippen molar-refractivity contribution >= 4 is 11.9 Å². The van der Waals surface area contributed by atoms with E-state index >= 15 is 0 Å². The Morgan fingerprint density at radius 1 is 0.806 bits per heavy atom. The van der Waals surface area contributed by atoms with E-state index in [0.29, 0.717) is 11.5 Å². The molecule has 0 aliphatic rings. The zero-order chi connectivity index (χ0) is 21.5. The van der Waals surface area contributed by atoms with Gasteiger partial charge in [0, 0.05) is 30.6 Å². The highest BCUT2D eigenvalue weighted by molar-refractivity contribution is 6.03. The van der Waals surface area contributed by atoms with Crippen molar-refractivity contribution in [3.05, 3.63) is 119 Å². The van der Waals surface area contributed by atoms with Gasteiger partial charge in [0.05, 0.1) is 5.69 Å². The van der Waals surface area contributed by atoms with Crippen LogP contribution in [-0.2, 0) is 19.4 Å². The second-order valence-corrected chi connectivity index (χ2v) is 7.63. The fourth-order valence-corrected chi connectivity index (χ4v) is 3.78. The Kier molecular flexibility index (Phi) is 6.58. The number of aromatic nitrogens is 2. The summed E-state index contributed by atoms with van der Waals surface area (Å²) >= 11 is 0. The van der Waals surface area contributed by atoms with Gasteiger partial charge >= 0.3 is 0 Å². The van der Waals surface area contributed by atoms with Crippen molar-refractivity contribution in [3.8, 4) is 0 Å². The average molecular weight is 410 g/mol. The van der Waals surface area contributed by atoms with Crippen LogP contribution in [0.1, 0.15) is 46.2 Å². The third kappa shape index (κ3) is 5.10. The van der Waals surface area contributed by atoms with Crippen LogP contribution in [-0.4, -0.2) is 15.5 Å². The quantitative estimate of drug-likeness (QED) is 0.404. The van der Waals surface area contributed by atoms with Gasteiger partial charge in [-0.1, -0.05) is 85.8 Å². The first-order chi connectivity index (χ1) is 15.2. The van der Waals surface area contributed by atoms with Crippen molar-refractivity contribution in [2.75, 3.05) is 5.32 Å². The van der Waals surface area contributed by atoms with Crippen molar-refractivity contribution in [1.82, 2.24) is 9.55 Å². The molecule has 0 aliphatic heterocycles. The molecule has 0 spiro atoms. The predicted molar refractivity (Wildman–Crippen MR) is 125 cm³/mol. The number of carbonyl (C=O) groups is 1. The number of nitrogens with one attached hydrogen (secondary N) is 1. The van der Waals surface area contributed by atoms with Gasteiger partial charge in [-0.15, -0.1) is 0 Å². The van der Waals surface area contributed by atoms with E-state index in [0.717, 1.165) is 37.2 Å². The molecule has 0 aliphatic carbocycles. The Hall–Kier alpha value is -3.66. The topological polar surface area (TPSA) is 46.9 Å². The van der Waals surface area contributed by atoms with Crippen LogP contribution in [0.15, 0.2) is 91.0 Å². The van der Waals surface area contributed by atoms with Gasteiger partial charge < -0.3 is 4.57 Å². The summed E-state index contributed by atoms with van der Waals surface area (Å²) in [7, 11) is 0. The summed E-state index contributed by atoms with van der Waals surface area (Å²) in [6.45, 7) is 2.94. The maximum Gasteiger partial charge on any atom is 0.257 e. The second kappa shape index (κ2) is 9.90. The molecule has 4 heteroatoms. The van der Waals surface area contributed by atoms with E-state index in [2.05, 4.69) is 53.2 Å². The van der Waals surface area contributed by atoms with Crippen LogP contribution < -0.4 is 5.32 Å². The lowest BCUT2D eigenvalue weighted by Crippen LogP contribution is -2.17. The highest BCUT2D eigenvalue weighted by atomic mass is 16.1. The number of anilines is 1. The van der Waals surface area contributed by atoms with E-state index in [-0.39, 0.29) is 5.91 Å². The van der Waals surface area contributed by atoms with Crippen LogP contribution in [0, 0.1) is 0 Å². The molecule has 1 heterocycles. The molecule has 0 saturated heterocycles. The van der Waals surface area contributed by atoms with E-state index in [4.69, 9.17) is 4.98 Å². The smallest absolute Gasteiger partial charge is 0.257 e. The van der Waals surface area contributed by atoms with E-state index in [9.17, 15) is 4.79 Å². The standard InChI is InChI=1S/C27H27N3O/c1-2-18-30-25(20-22-14-8-4-9-15-22)24(19-21-12-6-3-7-13-21)28-27(30)29-26(31)23-16-10-5-11-17-23/h3-17H,2,18-20H2,1H3,(H,28,29,31). The van der Waals surface area contributed by atoms with Crippen molar-refractivity contribution < 1.29 is 4.79 Å². The molecule has 4 nitrogen and oxygen atoms in total. The van der Waals surface area contributed by atoms with Crippen LogP contribution in [0.2, 0.25) is 0 Å². The van der Waals surface area contributed by atoms with Crippen molar-refractivity contribution in [3.63, 3.8) is 0 Å². The lowest BCUT2D eigenvalue weighted by molar-refractivity contribution is 0.102. The summed E-state index contributed by atoms with van der Waals surface area (Å²) in [6.07, 6.45) is 2.46. The molecule has 1 aromatic heterocycles. The molecule has 31 heavy (non-hydrogen) atoms. The molecule has 0 bridgehead atoms. The number of nitrogens with zero attached hydrogens (tertiary/aromatic N) is 2. The van der Waals surface area contributed by atoms with Crippen LogP contribution in [0.3, 0.4) is 0 Å². The number of rotatable bonds is 8. The number of amides is 1. The van der Waals surface area contributed by atoms with Gasteiger partial charge in [-0.3, -0.25) is 10.1 Å². The minimum absolute atomic E-state index is 0.138. The second-order valence-electron chi connectivity index (χ2n) is 7.63. The summed E-state index contributed by atoms with van der Waals surface area (Å²) in [6, 6.07) is 30.1. The molecule has 0 radical (unpaired) electrons. The van der Waals surface area contributed by atoms with Crippen LogP contribution >= 0.6 is 0 Å². The Balaban J connectivity index is 1.73. The normalized spacial score (nSPS) is 10.7. The van der Waals surface area contributed by atoms with Gasteiger partial charge in [0.2, 0.25) is 5.95 Å². The van der Waals surface area contributed by atoms with E-state index < -0.39 is 0 Å². The lowest BCUT2D eigenvalue weighted by Gasteiger charge is -2.13. The molecule has 1 N–H and O–H groups in total. The zero-order valence-corrected chi connectivity index (χ0v) is 17.8.